The van der Waals surface area contributed by atoms with Gasteiger partial charge < -0.3 is 15.3 Å². The van der Waals surface area contributed by atoms with Crippen LogP contribution in [0.1, 0.15) is 71.7 Å². The quantitative estimate of drug-likeness (QED) is 0.604. The van der Waals surface area contributed by atoms with Crippen molar-refractivity contribution in [3.63, 3.8) is 0 Å². The van der Waals surface area contributed by atoms with E-state index >= 15 is 0 Å². The minimum absolute atomic E-state index is 0.124. The average Bonchev–Trinajstić information content (AvgIpc) is 2.42. The van der Waals surface area contributed by atoms with E-state index in [2.05, 4.69) is 6.92 Å². The van der Waals surface area contributed by atoms with E-state index in [1.807, 2.05) is 0 Å². The number of carbonyl (C=O) groups is 2. The molecule has 0 unspecified atom stereocenters. The fourth-order valence-electron chi connectivity index (χ4n) is 2.39. The van der Waals surface area contributed by atoms with Crippen LogP contribution in [0.15, 0.2) is 12.1 Å². The molecule has 0 saturated heterocycles. The highest BCUT2D eigenvalue weighted by molar-refractivity contribution is 5.97. The first kappa shape index (κ1) is 17.0. The topological polar surface area (TPSA) is 94.8 Å². The minimum atomic E-state index is -1.21. The molecule has 0 amide bonds. The molecule has 0 aliphatic heterocycles. The summed E-state index contributed by atoms with van der Waals surface area (Å²) in [5.41, 5.74) is 0.0465. The van der Waals surface area contributed by atoms with Crippen molar-refractivity contribution in [1.82, 2.24) is 0 Å². The fourth-order valence-corrected chi connectivity index (χ4v) is 2.39. The molecule has 1 aromatic rings. The van der Waals surface area contributed by atoms with Gasteiger partial charge in [-0.3, -0.25) is 0 Å². The number of aromatic carboxylic acids is 2. The van der Waals surface area contributed by atoms with E-state index < -0.39 is 11.9 Å². The van der Waals surface area contributed by atoms with Crippen LogP contribution in [-0.4, -0.2) is 27.3 Å². The molecule has 0 aliphatic carbocycles. The van der Waals surface area contributed by atoms with Crippen LogP contribution in [0.3, 0.4) is 0 Å². The molecule has 21 heavy (non-hydrogen) atoms. The van der Waals surface area contributed by atoms with Gasteiger partial charge in [-0.2, -0.15) is 0 Å². The zero-order valence-electron chi connectivity index (χ0n) is 12.3. The summed E-state index contributed by atoms with van der Waals surface area (Å²) in [6.45, 7) is 2.13. The molecule has 0 aliphatic rings. The second-order valence-electron chi connectivity index (χ2n) is 5.15. The second-order valence-corrected chi connectivity index (χ2v) is 5.15. The summed E-state index contributed by atoms with van der Waals surface area (Å²) in [6, 6.07) is 2.22. The Morgan fingerprint density at radius 1 is 0.905 bits per heavy atom. The van der Waals surface area contributed by atoms with Gasteiger partial charge in [-0.25, -0.2) is 9.59 Å². The van der Waals surface area contributed by atoms with Gasteiger partial charge in [0.2, 0.25) is 0 Å². The molecule has 0 atom stereocenters. The smallest absolute Gasteiger partial charge is 0.336 e. The Balaban J connectivity index is 2.83. The van der Waals surface area contributed by atoms with Gasteiger partial charge in [-0.1, -0.05) is 39.0 Å². The van der Waals surface area contributed by atoms with Crippen molar-refractivity contribution in [2.24, 2.45) is 0 Å². The third kappa shape index (κ3) is 5.10. The second kappa shape index (κ2) is 8.29. The molecule has 116 valence electrons. The molecule has 0 aromatic heterocycles. The Morgan fingerprint density at radius 3 is 1.86 bits per heavy atom. The summed E-state index contributed by atoms with van der Waals surface area (Å²) < 4.78 is 0. The lowest BCUT2D eigenvalue weighted by molar-refractivity contribution is 0.0694. The summed E-state index contributed by atoms with van der Waals surface area (Å²) in [6.07, 6.45) is 6.63. The van der Waals surface area contributed by atoms with Crippen molar-refractivity contribution >= 4 is 11.9 Å². The predicted octanol–water partition coefficient (Wildman–Crippen LogP) is 3.69. The fraction of sp³-hybridized carbons (Fsp3) is 0.500. The van der Waals surface area contributed by atoms with E-state index in [0.29, 0.717) is 12.0 Å². The van der Waals surface area contributed by atoms with Gasteiger partial charge in [-0.15, -0.1) is 0 Å². The molecule has 0 heterocycles. The normalized spacial score (nSPS) is 10.5. The largest absolute Gasteiger partial charge is 0.508 e. The zero-order chi connectivity index (χ0) is 15.8. The van der Waals surface area contributed by atoms with Crippen LogP contribution in [0.2, 0.25) is 0 Å². The van der Waals surface area contributed by atoms with Crippen molar-refractivity contribution in [1.29, 1.82) is 0 Å². The van der Waals surface area contributed by atoms with Gasteiger partial charge in [0.15, 0.2) is 0 Å². The highest BCUT2D eigenvalue weighted by Gasteiger charge is 2.19. The van der Waals surface area contributed by atoms with Crippen molar-refractivity contribution in [2.75, 3.05) is 0 Å². The highest BCUT2D eigenvalue weighted by Crippen LogP contribution is 2.24. The van der Waals surface area contributed by atoms with Crippen molar-refractivity contribution < 1.29 is 24.9 Å². The third-order valence-electron chi connectivity index (χ3n) is 3.48. The van der Waals surface area contributed by atoms with Gasteiger partial charge in [-0.05, 0) is 30.5 Å². The lowest BCUT2D eigenvalue weighted by atomic mass is 9.95. The SMILES string of the molecule is CCCCCCCCc1c(C(=O)O)cc(O)cc1C(=O)O. The molecule has 3 N–H and O–H groups in total. The third-order valence-corrected chi connectivity index (χ3v) is 3.48. The lowest BCUT2D eigenvalue weighted by Crippen LogP contribution is -2.10. The van der Waals surface area contributed by atoms with Crippen LogP contribution < -0.4 is 0 Å². The summed E-state index contributed by atoms with van der Waals surface area (Å²) in [5.74, 6) is -2.76. The van der Waals surface area contributed by atoms with Crippen molar-refractivity contribution in [2.45, 2.75) is 51.9 Å². The molecule has 0 fully saturated rings. The van der Waals surface area contributed by atoms with Crippen LogP contribution in [0.5, 0.6) is 5.75 Å². The van der Waals surface area contributed by atoms with E-state index in [-0.39, 0.29) is 16.9 Å². The first-order valence-corrected chi connectivity index (χ1v) is 7.29. The van der Waals surface area contributed by atoms with Crippen LogP contribution >= 0.6 is 0 Å². The van der Waals surface area contributed by atoms with Gasteiger partial charge in [0.1, 0.15) is 5.75 Å². The number of rotatable bonds is 9. The average molecular weight is 294 g/mol. The molecule has 0 radical (unpaired) electrons. The molecule has 5 heteroatoms. The van der Waals surface area contributed by atoms with E-state index in [1.54, 1.807) is 0 Å². The van der Waals surface area contributed by atoms with Crippen molar-refractivity contribution in [3.8, 4) is 5.75 Å². The number of aromatic hydroxyl groups is 1. The minimum Gasteiger partial charge on any atom is -0.508 e. The predicted molar refractivity (Wildman–Crippen MR) is 79.1 cm³/mol. The van der Waals surface area contributed by atoms with Crippen LogP contribution in [0, 0.1) is 0 Å². The van der Waals surface area contributed by atoms with Crippen LogP contribution in [0.25, 0.3) is 0 Å². The Labute approximate surface area is 124 Å². The molecule has 1 aromatic carbocycles. The number of carboxylic acids is 2. The summed E-state index contributed by atoms with van der Waals surface area (Å²) >= 11 is 0. The number of hydrogen-bond donors (Lipinski definition) is 3. The van der Waals surface area contributed by atoms with E-state index in [1.165, 1.54) is 6.42 Å². The number of phenols is 1. The Morgan fingerprint density at radius 2 is 1.38 bits per heavy atom. The summed E-state index contributed by atoms with van der Waals surface area (Å²) in [4.78, 5) is 22.4. The van der Waals surface area contributed by atoms with Gasteiger partial charge >= 0.3 is 11.9 Å². The molecule has 0 saturated carbocycles. The number of unbranched alkanes of at least 4 members (excludes halogenated alkanes) is 5. The Hall–Kier alpha value is -2.04. The zero-order valence-corrected chi connectivity index (χ0v) is 12.3. The number of phenolic OH excluding ortho intramolecular Hbond substituents is 1. The van der Waals surface area contributed by atoms with Crippen LogP contribution in [-0.2, 0) is 6.42 Å². The monoisotopic (exact) mass is 294 g/mol. The molecule has 0 bridgehead atoms. The Bertz CT molecular complexity index is 472. The van der Waals surface area contributed by atoms with E-state index in [4.69, 9.17) is 10.2 Å². The maximum atomic E-state index is 11.2. The molecule has 5 nitrogen and oxygen atoms in total. The summed E-state index contributed by atoms with van der Waals surface area (Å²) in [7, 11) is 0. The standard InChI is InChI=1S/C16H22O5/c1-2-3-4-5-6-7-8-12-13(15(18)19)9-11(17)10-14(12)16(20)21/h9-10,17H,2-8H2,1H3,(H,18,19)(H,20,21). The van der Waals surface area contributed by atoms with Crippen molar-refractivity contribution in [3.05, 3.63) is 28.8 Å². The van der Waals surface area contributed by atoms with E-state index in [9.17, 15) is 14.7 Å². The van der Waals surface area contributed by atoms with Crippen LogP contribution in [0.4, 0.5) is 0 Å². The highest BCUT2D eigenvalue weighted by atomic mass is 16.4. The molecular weight excluding hydrogens is 272 g/mol. The maximum absolute atomic E-state index is 11.2. The maximum Gasteiger partial charge on any atom is 0.336 e. The number of benzene rings is 1. The van der Waals surface area contributed by atoms with Gasteiger partial charge in [0.05, 0.1) is 11.1 Å². The number of hydrogen-bond acceptors (Lipinski definition) is 3. The number of carboxylic acid groups (broad SMARTS) is 2. The van der Waals surface area contributed by atoms with Gasteiger partial charge in [0.25, 0.3) is 0 Å². The Kier molecular flexibility index (Phi) is 6.72. The van der Waals surface area contributed by atoms with E-state index in [0.717, 1.165) is 44.2 Å². The summed E-state index contributed by atoms with van der Waals surface area (Å²) in [5, 5.41) is 27.8. The molecule has 1 rings (SSSR count). The molecule has 0 spiro atoms. The first-order valence-electron chi connectivity index (χ1n) is 7.29. The lowest BCUT2D eigenvalue weighted by Gasteiger charge is -2.11. The van der Waals surface area contributed by atoms with Gasteiger partial charge in [0, 0.05) is 0 Å². The molecular formula is C16H22O5. The first-order chi connectivity index (χ1) is 9.97.